The Labute approximate surface area is 307 Å². The minimum absolute atomic E-state index is 0. The van der Waals surface area contributed by atoms with Crippen LogP contribution in [-0.4, -0.2) is 31.8 Å². The Morgan fingerprint density at radius 1 is 0.612 bits per heavy atom. The zero-order valence-electron chi connectivity index (χ0n) is 28.2. The van der Waals surface area contributed by atoms with Crippen LogP contribution in [0, 0.1) is 18.8 Å². The molecule has 0 heterocycles. The van der Waals surface area contributed by atoms with E-state index in [0.717, 1.165) is 26.2 Å². The van der Waals surface area contributed by atoms with Crippen molar-refractivity contribution in [1.29, 1.82) is 0 Å². The van der Waals surface area contributed by atoms with E-state index in [4.69, 9.17) is 9.05 Å². The molecule has 0 fully saturated rings. The number of nitrogens with one attached hydrogen (secondary N) is 2. The number of allylic oxidation sites excluding steroid dienone is 1. The molecule has 4 nitrogen and oxygen atoms in total. The summed E-state index contributed by atoms with van der Waals surface area (Å²) in [7, 11) is -1.58. The third-order valence-corrected chi connectivity index (χ3v) is 11.7. The van der Waals surface area contributed by atoms with Crippen molar-refractivity contribution in [1.82, 2.24) is 10.6 Å². The average Bonchev–Trinajstić information content (AvgIpc) is 3.87. The standard InChI is InChI=1S/2C21H23NOP.Fe/c2*1-18(16-22-17-19-10-8-9-11-19)23-24(20-12-4-2-5-13-20)21-14-6-3-7-15-21;/h2*2-15,18,22H,16-17H2,1H3;/q2*-1;+2/t2*18-;/m00./s1. The second-order valence-corrected chi connectivity index (χ2v) is 15.3. The van der Waals surface area contributed by atoms with Gasteiger partial charge < -0.3 is 19.7 Å². The van der Waals surface area contributed by atoms with Gasteiger partial charge in [-0.1, -0.05) is 121 Å². The predicted octanol–water partition coefficient (Wildman–Crippen LogP) is 7.53. The van der Waals surface area contributed by atoms with E-state index in [2.05, 4.69) is 171 Å². The van der Waals surface area contributed by atoms with E-state index in [0.29, 0.717) is 0 Å². The maximum Gasteiger partial charge on any atom is 2.00 e. The fourth-order valence-electron chi connectivity index (χ4n) is 5.13. The number of hydrogen-bond acceptors (Lipinski definition) is 4. The van der Waals surface area contributed by atoms with Crippen LogP contribution in [0.3, 0.4) is 0 Å². The Hall–Kier alpha value is -2.94. The Morgan fingerprint density at radius 2 is 1.06 bits per heavy atom. The third kappa shape index (κ3) is 13.4. The van der Waals surface area contributed by atoms with Gasteiger partial charge in [0, 0.05) is 34.3 Å². The van der Waals surface area contributed by atoms with E-state index in [1.807, 2.05) is 24.3 Å². The van der Waals surface area contributed by atoms with Crippen molar-refractivity contribution in [3.8, 4) is 0 Å². The smallest absolute Gasteiger partial charge is 0.345 e. The van der Waals surface area contributed by atoms with Crippen LogP contribution in [0.15, 0.2) is 158 Å². The van der Waals surface area contributed by atoms with Crippen LogP contribution in [-0.2, 0) is 32.7 Å². The van der Waals surface area contributed by atoms with Crippen LogP contribution >= 0.6 is 16.3 Å². The van der Waals surface area contributed by atoms with Crippen molar-refractivity contribution in [2.75, 3.05) is 19.6 Å². The minimum Gasteiger partial charge on any atom is -0.345 e. The van der Waals surface area contributed by atoms with Crippen molar-refractivity contribution in [3.05, 3.63) is 182 Å². The molecule has 5 aromatic carbocycles. The van der Waals surface area contributed by atoms with Crippen LogP contribution < -0.4 is 31.9 Å². The first-order valence-corrected chi connectivity index (χ1v) is 19.1. The molecule has 6 rings (SSSR count). The van der Waals surface area contributed by atoms with E-state index in [9.17, 15) is 0 Å². The van der Waals surface area contributed by atoms with Gasteiger partial charge in [0.1, 0.15) is 0 Å². The van der Waals surface area contributed by atoms with E-state index in [1.54, 1.807) is 0 Å². The molecular formula is C42H46FeN2O2P2. The number of hydrogen-bond donors (Lipinski definition) is 2. The second kappa shape index (κ2) is 22.0. The van der Waals surface area contributed by atoms with Crippen molar-refractivity contribution in [2.45, 2.75) is 32.6 Å². The molecule has 49 heavy (non-hydrogen) atoms. The quantitative estimate of drug-likeness (QED) is 0.0627. The van der Waals surface area contributed by atoms with Gasteiger partial charge in [-0.25, -0.2) is 30.2 Å². The molecule has 0 aromatic heterocycles. The molecule has 0 amide bonds. The maximum absolute atomic E-state index is 6.44. The summed E-state index contributed by atoms with van der Waals surface area (Å²) in [4.78, 5) is 0. The molecule has 0 bridgehead atoms. The Balaban J connectivity index is 0.000000216. The summed E-state index contributed by atoms with van der Waals surface area (Å²) in [5, 5.41) is 12.0. The van der Waals surface area contributed by atoms with Crippen LogP contribution in [0.4, 0.5) is 0 Å². The molecular weight excluding hydrogens is 682 g/mol. The zero-order chi connectivity index (χ0) is 33.2. The molecule has 5 aromatic rings. The van der Waals surface area contributed by atoms with E-state index >= 15 is 0 Å². The van der Waals surface area contributed by atoms with Crippen molar-refractivity contribution in [2.24, 2.45) is 0 Å². The van der Waals surface area contributed by atoms with Gasteiger partial charge in [0.2, 0.25) is 0 Å². The summed E-state index contributed by atoms with van der Waals surface area (Å²) in [6.45, 7) is 7.72. The van der Waals surface area contributed by atoms with E-state index in [1.165, 1.54) is 32.7 Å². The largest absolute Gasteiger partial charge is 2.00 e. The first-order valence-electron chi connectivity index (χ1n) is 16.6. The van der Waals surface area contributed by atoms with Crippen LogP contribution in [0.1, 0.15) is 19.4 Å². The van der Waals surface area contributed by atoms with Crippen molar-refractivity contribution >= 4 is 37.5 Å². The Kier molecular flexibility index (Phi) is 17.4. The summed E-state index contributed by atoms with van der Waals surface area (Å²) in [6.07, 6.45) is 8.71. The Morgan fingerprint density at radius 3 is 1.45 bits per heavy atom. The van der Waals surface area contributed by atoms with Gasteiger partial charge in [0.25, 0.3) is 0 Å². The molecule has 0 unspecified atom stereocenters. The molecule has 1 aliphatic carbocycles. The fraction of sp³-hybridized carbons (Fsp3) is 0.190. The second-order valence-electron chi connectivity index (χ2n) is 11.6. The molecule has 0 spiro atoms. The number of benzene rings is 4. The molecule has 254 valence electrons. The normalized spacial score (nSPS) is 13.5. The first-order chi connectivity index (χ1) is 23.7. The number of rotatable bonds is 16. The van der Waals surface area contributed by atoms with Gasteiger partial charge in [-0.3, -0.25) is 0 Å². The predicted molar refractivity (Wildman–Crippen MR) is 207 cm³/mol. The maximum atomic E-state index is 6.44. The molecule has 2 N–H and O–H groups in total. The monoisotopic (exact) mass is 728 g/mol. The zero-order valence-corrected chi connectivity index (χ0v) is 31.1. The van der Waals surface area contributed by atoms with Gasteiger partial charge >= 0.3 is 17.1 Å². The van der Waals surface area contributed by atoms with E-state index in [-0.39, 0.29) is 29.3 Å². The SMILES string of the molecule is C[C@@H](CNC[C-]1[CH][CH]C=C1)OP(c1ccccc1)c1ccccc1.C[C@@H](CNCc1ccc[cH-]1)OP(c1ccccc1)c1ccccc1.[Fe+2]. The molecule has 0 saturated heterocycles. The molecule has 2 radical (unpaired) electrons. The van der Waals surface area contributed by atoms with Gasteiger partial charge in [-0.2, -0.15) is 17.7 Å². The third-order valence-electron chi connectivity index (χ3n) is 7.52. The average molecular weight is 729 g/mol. The summed E-state index contributed by atoms with van der Waals surface area (Å²) in [5.41, 5.74) is 1.32. The molecule has 1 aliphatic rings. The molecule has 0 aliphatic heterocycles. The first kappa shape index (κ1) is 38.9. The van der Waals surface area contributed by atoms with Crippen molar-refractivity contribution < 1.29 is 26.1 Å². The van der Waals surface area contributed by atoms with Crippen LogP contribution in [0.2, 0.25) is 0 Å². The van der Waals surface area contributed by atoms with Gasteiger partial charge in [-0.05, 0) is 26.9 Å². The topological polar surface area (TPSA) is 42.5 Å². The fourth-order valence-corrected chi connectivity index (χ4v) is 8.86. The van der Waals surface area contributed by atoms with Gasteiger partial charge in [0.05, 0.1) is 28.5 Å². The molecule has 2 atom stereocenters. The van der Waals surface area contributed by atoms with Gasteiger partial charge in [-0.15, -0.1) is 12.8 Å². The Bertz CT molecular complexity index is 1500. The summed E-state index contributed by atoms with van der Waals surface area (Å²) in [6, 6.07) is 50.5. The van der Waals surface area contributed by atoms with Crippen LogP contribution in [0.5, 0.6) is 0 Å². The molecule has 0 saturated carbocycles. The summed E-state index contributed by atoms with van der Waals surface area (Å²) < 4.78 is 12.9. The summed E-state index contributed by atoms with van der Waals surface area (Å²) >= 11 is 0. The summed E-state index contributed by atoms with van der Waals surface area (Å²) in [5.74, 6) is 1.32. The molecule has 7 heteroatoms. The minimum atomic E-state index is -0.792. The van der Waals surface area contributed by atoms with Crippen molar-refractivity contribution in [3.63, 3.8) is 0 Å². The van der Waals surface area contributed by atoms with E-state index < -0.39 is 16.3 Å². The van der Waals surface area contributed by atoms with Gasteiger partial charge in [0.15, 0.2) is 0 Å². The van der Waals surface area contributed by atoms with Crippen LogP contribution in [0.25, 0.3) is 0 Å².